The second kappa shape index (κ2) is 9.74. The minimum Gasteiger partial charge on any atom is -0.497 e. The number of rotatable bonds is 9. The number of nitrogens with zero attached hydrogens (tertiary/aromatic N) is 1. The lowest BCUT2D eigenvalue weighted by Gasteiger charge is -2.07. The van der Waals surface area contributed by atoms with Crippen LogP contribution >= 0.6 is 11.8 Å². The molecular weight excluding hydrogens is 312 g/mol. The molecular formula is C17H20N2O3S. The molecule has 1 N–H and O–H groups in total. The van der Waals surface area contributed by atoms with Gasteiger partial charge in [-0.05, 0) is 35.9 Å². The van der Waals surface area contributed by atoms with Crippen LogP contribution in [0.2, 0.25) is 0 Å². The summed E-state index contributed by atoms with van der Waals surface area (Å²) in [4.78, 5) is 15.7. The van der Waals surface area contributed by atoms with Gasteiger partial charge in [-0.15, -0.1) is 11.8 Å². The van der Waals surface area contributed by atoms with E-state index in [2.05, 4.69) is 10.3 Å². The number of hydrogen-bond donors (Lipinski definition) is 1. The van der Waals surface area contributed by atoms with Gasteiger partial charge in [0.15, 0.2) is 0 Å². The van der Waals surface area contributed by atoms with E-state index in [4.69, 9.17) is 9.47 Å². The van der Waals surface area contributed by atoms with Crippen molar-refractivity contribution in [2.75, 3.05) is 25.2 Å². The summed E-state index contributed by atoms with van der Waals surface area (Å²) < 4.78 is 10.7. The maximum atomic E-state index is 11.7. The molecule has 0 atom stereocenters. The molecule has 0 aliphatic carbocycles. The van der Waals surface area contributed by atoms with E-state index in [1.54, 1.807) is 31.3 Å². The van der Waals surface area contributed by atoms with Crippen LogP contribution in [0.5, 0.6) is 11.5 Å². The third kappa shape index (κ3) is 6.61. The van der Waals surface area contributed by atoms with Gasteiger partial charge in [-0.25, -0.2) is 0 Å². The minimum atomic E-state index is 0.0169. The van der Waals surface area contributed by atoms with E-state index in [1.807, 2.05) is 36.4 Å². The zero-order chi connectivity index (χ0) is 16.3. The van der Waals surface area contributed by atoms with Gasteiger partial charge in [0.1, 0.15) is 11.5 Å². The molecule has 0 spiro atoms. The second-order valence-electron chi connectivity index (χ2n) is 4.71. The molecule has 2 aromatic rings. The summed E-state index contributed by atoms with van der Waals surface area (Å²) in [5.41, 5.74) is 0.994. The highest BCUT2D eigenvalue weighted by atomic mass is 32.2. The van der Waals surface area contributed by atoms with Crippen molar-refractivity contribution in [3.8, 4) is 11.5 Å². The summed E-state index contributed by atoms with van der Waals surface area (Å²) in [7, 11) is 1.63. The number of nitrogens with one attached hydrogen (secondary N) is 1. The average Bonchev–Trinajstić information content (AvgIpc) is 2.61. The first-order chi connectivity index (χ1) is 11.3. The Kier molecular flexibility index (Phi) is 7.26. The molecule has 0 saturated carbocycles. The summed E-state index contributed by atoms with van der Waals surface area (Å²) >= 11 is 1.55. The molecule has 2 rings (SSSR count). The Morgan fingerprint density at radius 1 is 1.22 bits per heavy atom. The largest absolute Gasteiger partial charge is 0.497 e. The summed E-state index contributed by atoms with van der Waals surface area (Å²) in [6, 6.07) is 11.2. The average molecular weight is 332 g/mol. The fourth-order valence-corrected chi connectivity index (χ4v) is 2.44. The Hall–Kier alpha value is -2.21. The lowest BCUT2D eigenvalue weighted by atomic mass is 10.3. The Labute approximate surface area is 140 Å². The highest BCUT2D eigenvalue weighted by Gasteiger charge is 2.02. The molecule has 1 aromatic heterocycles. The third-order valence-corrected chi connectivity index (χ3v) is 3.92. The molecule has 0 fully saturated rings. The molecule has 6 heteroatoms. The normalized spacial score (nSPS) is 10.1. The first-order valence-electron chi connectivity index (χ1n) is 7.28. The predicted molar refractivity (Wildman–Crippen MR) is 91.9 cm³/mol. The monoisotopic (exact) mass is 332 g/mol. The molecule has 1 amide bonds. The highest BCUT2D eigenvalue weighted by molar-refractivity contribution is 7.99. The Morgan fingerprint density at radius 2 is 2.00 bits per heavy atom. The molecule has 0 aliphatic heterocycles. The second-order valence-corrected chi connectivity index (χ2v) is 5.82. The SMILES string of the molecule is COc1ccc(OCCSCC(=O)NCc2cccnc2)cc1. The van der Waals surface area contributed by atoms with E-state index in [0.717, 1.165) is 22.8 Å². The van der Waals surface area contributed by atoms with E-state index in [9.17, 15) is 4.79 Å². The quantitative estimate of drug-likeness (QED) is 0.715. The van der Waals surface area contributed by atoms with Crippen LogP contribution in [0, 0.1) is 0 Å². The number of hydrogen-bond acceptors (Lipinski definition) is 5. The smallest absolute Gasteiger partial charge is 0.230 e. The fraction of sp³-hybridized carbons (Fsp3) is 0.294. The van der Waals surface area contributed by atoms with Crippen molar-refractivity contribution >= 4 is 17.7 Å². The van der Waals surface area contributed by atoms with Gasteiger partial charge >= 0.3 is 0 Å². The van der Waals surface area contributed by atoms with Crippen LogP contribution in [0.15, 0.2) is 48.8 Å². The van der Waals surface area contributed by atoms with E-state index in [1.165, 1.54) is 0 Å². The van der Waals surface area contributed by atoms with Crippen LogP contribution in [0.3, 0.4) is 0 Å². The minimum absolute atomic E-state index is 0.0169. The van der Waals surface area contributed by atoms with Crippen LogP contribution < -0.4 is 14.8 Å². The number of methoxy groups -OCH3 is 1. The summed E-state index contributed by atoms with van der Waals surface area (Å²) in [6.07, 6.45) is 3.46. The molecule has 1 aromatic carbocycles. The molecule has 0 unspecified atom stereocenters. The van der Waals surface area contributed by atoms with Gasteiger partial charge < -0.3 is 14.8 Å². The van der Waals surface area contributed by atoms with Gasteiger partial charge in [-0.2, -0.15) is 0 Å². The number of ether oxygens (including phenoxy) is 2. The van der Waals surface area contributed by atoms with Gasteiger partial charge in [0.2, 0.25) is 5.91 Å². The first-order valence-corrected chi connectivity index (χ1v) is 8.43. The maximum absolute atomic E-state index is 11.7. The van der Waals surface area contributed by atoms with Crippen LogP contribution in [-0.4, -0.2) is 36.1 Å². The lowest BCUT2D eigenvalue weighted by Crippen LogP contribution is -2.25. The van der Waals surface area contributed by atoms with Gasteiger partial charge in [-0.1, -0.05) is 6.07 Å². The summed E-state index contributed by atoms with van der Waals surface area (Å²) in [6.45, 7) is 1.07. The summed E-state index contributed by atoms with van der Waals surface area (Å²) in [5.74, 6) is 2.80. The zero-order valence-corrected chi connectivity index (χ0v) is 13.8. The molecule has 5 nitrogen and oxygen atoms in total. The topological polar surface area (TPSA) is 60.5 Å². The Balaban J connectivity index is 1.55. The number of carbonyl (C=O) groups is 1. The number of benzene rings is 1. The van der Waals surface area contributed by atoms with Gasteiger partial charge in [0.25, 0.3) is 0 Å². The van der Waals surface area contributed by atoms with E-state index < -0.39 is 0 Å². The number of thioether (sulfide) groups is 1. The van der Waals surface area contributed by atoms with Crippen molar-refractivity contribution in [1.82, 2.24) is 10.3 Å². The van der Waals surface area contributed by atoms with Crippen molar-refractivity contribution in [2.45, 2.75) is 6.54 Å². The fourth-order valence-electron chi connectivity index (χ4n) is 1.81. The van der Waals surface area contributed by atoms with Crippen LogP contribution in [0.4, 0.5) is 0 Å². The first kappa shape index (κ1) is 17.1. The molecule has 0 aliphatic rings. The molecule has 0 bridgehead atoms. The van der Waals surface area contributed by atoms with Crippen molar-refractivity contribution in [3.05, 3.63) is 54.4 Å². The maximum Gasteiger partial charge on any atom is 0.230 e. The van der Waals surface area contributed by atoms with Gasteiger partial charge in [-0.3, -0.25) is 9.78 Å². The van der Waals surface area contributed by atoms with Crippen LogP contribution in [0.1, 0.15) is 5.56 Å². The number of carbonyl (C=O) groups excluding carboxylic acids is 1. The zero-order valence-electron chi connectivity index (χ0n) is 13.0. The standard InChI is InChI=1S/C17H20N2O3S/c1-21-15-4-6-16(7-5-15)22-9-10-23-13-17(20)19-12-14-3-2-8-18-11-14/h2-8,11H,9-10,12-13H2,1H3,(H,19,20). The highest BCUT2D eigenvalue weighted by Crippen LogP contribution is 2.17. The number of amides is 1. The van der Waals surface area contributed by atoms with Gasteiger partial charge in [0.05, 0.1) is 19.5 Å². The molecule has 1 heterocycles. The number of pyridine rings is 1. The van der Waals surface area contributed by atoms with Gasteiger partial charge in [0, 0.05) is 24.7 Å². The summed E-state index contributed by atoms with van der Waals surface area (Å²) in [5, 5.41) is 2.87. The molecule has 122 valence electrons. The third-order valence-electron chi connectivity index (χ3n) is 3.00. The molecule has 0 radical (unpaired) electrons. The van der Waals surface area contributed by atoms with Crippen molar-refractivity contribution in [3.63, 3.8) is 0 Å². The number of aromatic nitrogens is 1. The van der Waals surface area contributed by atoms with E-state index in [-0.39, 0.29) is 5.91 Å². The van der Waals surface area contributed by atoms with E-state index in [0.29, 0.717) is 18.9 Å². The van der Waals surface area contributed by atoms with Crippen LogP contribution in [0.25, 0.3) is 0 Å². The molecule has 0 saturated heterocycles. The van der Waals surface area contributed by atoms with Crippen LogP contribution in [-0.2, 0) is 11.3 Å². The van der Waals surface area contributed by atoms with E-state index >= 15 is 0 Å². The lowest BCUT2D eigenvalue weighted by molar-refractivity contribution is -0.118. The van der Waals surface area contributed by atoms with Crippen molar-refractivity contribution in [2.24, 2.45) is 0 Å². The van der Waals surface area contributed by atoms with Crippen molar-refractivity contribution in [1.29, 1.82) is 0 Å². The predicted octanol–water partition coefficient (Wildman–Crippen LogP) is 2.52. The van der Waals surface area contributed by atoms with Crippen molar-refractivity contribution < 1.29 is 14.3 Å². The molecule has 23 heavy (non-hydrogen) atoms. The Bertz CT molecular complexity index is 591. The Morgan fingerprint density at radius 3 is 2.70 bits per heavy atom.